The van der Waals surface area contributed by atoms with Gasteiger partial charge in [-0.1, -0.05) is 43.3 Å². The van der Waals surface area contributed by atoms with Crippen LogP contribution in [-0.4, -0.2) is 29.3 Å². The van der Waals surface area contributed by atoms with E-state index in [0.29, 0.717) is 12.8 Å². The highest BCUT2D eigenvalue weighted by atomic mass is 19.1. The van der Waals surface area contributed by atoms with Gasteiger partial charge < -0.3 is 10.2 Å². The Labute approximate surface area is 169 Å². The summed E-state index contributed by atoms with van der Waals surface area (Å²) in [5.41, 5.74) is 0.255. The van der Waals surface area contributed by atoms with E-state index in [1.54, 1.807) is 7.05 Å². The molecule has 1 aliphatic rings. The van der Waals surface area contributed by atoms with Gasteiger partial charge in [0.15, 0.2) is 0 Å². The number of halogens is 1. The monoisotopic (exact) mass is 391 g/mol. The van der Waals surface area contributed by atoms with Crippen molar-refractivity contribution in [3.8, 4) is 6.07 Å². The second-order valence-electron chi connectivity index (χ2n) is 7.14. The Hall–Kier alpha value is -3.46. The third kappa shape index (κ3) is 3.40. The van der Waals surface area contributed by atoms with E-state index in [2.05, 4.69) is 5.32 Å². The maximum atomic E-state index is 14.4. The largest absolute Gasteiger partial charge is 0.325 e. The summed E-state index contributed by atoms with van der Waals surface area (Å²) >= 11 is 0. The number of nitrogens with zero attached hydrogens (tertiary/aromatic N) is 2. The van der Waals surface area contributed by atoms with Crippen LogP contribution in [0.3, 0.4) is 0 Å². The molecule has 1 heterocycles. The van der Waals surface area contributed by atoms with Crippen LogP contribution >= 0.6 is 0 Å². The topological polar surface area (TPSA) is 73.2 Å². The zero-order chi connectivity index (χ0) is 21.2. The van der Waals surface area contributed by atoms with Gasteiger partial charge in [-0.15, -0.1) is 0 Å². The predicted octanol–water partition coefficient (Wildman–Crippen LogP) is 3.41. The molecular weight excluding hydrogens is 369 g/mol. The van der Waals surface area contributed by atoms with Crippen molar-refractivity contribution >= 4 is 17.4 Å². The van der Waals surface area contributed by atoms with Crippen LogP contribution in [0.5, 0.6) is 0 Å². The number of hydrogen-bond donors (Lipinski definition) is 1. The first kappa shape index (κ1) is 20.3. The van der Waals surface area contributed by atoms with Gasteiger partial charge in [0.1, 0.15) is 17.1 Å². The fourth-order valence-electron chi connectivity index (χ4n) is 3.83. The molecule has 1 unspecified atom stereocenters. The first-order chi connectivity index (χ1) is 13.9. The van der Waals surface area contributed by atoms with Crippen LogP contribution in [0.4, 0.5) is 4.39 Å². The average Bonchev–Trinajstić information content (AvgIpc) is 2.73. The van der Waals surface area contributed by atoms with Crippen LogP contribution in [0, 0.1) is 17.1 Å². The van der Waals surface area contributed by atoms with E-state index in [-0.39, 0.29) is 28.3 Å². The summed E-state index contributed by atoms with van der Waals surface area (Å²) in [4.78, 5) is 27.8. The maximum absolute atomic E-state index is 14.4. The number of amides is 2. The fourth-order valence-corrected chi connectivity index (χ4v) is 3.83. The molecule has 1 aliphatic heterocycles. The lowest BCUT2D eigenvalue weighted by Crippen LogP contribution is -2.65. The minimum atomic E-state index is -1.05. The molecule has 1 fully saturated rings. The van der Waals surface area contributed by atoms with Crippen molar-refractivity contribution < 1.29 is 14.0 Å². The summed E-state index contributed by atoms with van der Waals surface area (Å²) in [6, 6.07) is 15.6. The second kappa shape index (κ2) is 7.88. The number of nitrogens with one attached hydrogen (secondary N) is 1. The number of piperazine rings is 1. The van der Waals surface area contributed by atoms with Gasteiger partial charge in [-0.3, -0.25) is 9.59 Å². The Morgan fingerprint density at radius 1 is 1.17 bits per heavy atom. The van der Waals surface area contributed by atoms with E-state index in [0.717, 1.165) is 5.56 Å². The molecule has 1 saturated heterocycles. The predicted molar refractivity (Wildman–Crippen MR) is 108 cm³/mol. The third-order valence-corrected chi connectivity index (χ3v) is 5.63. The van der Waals surface area contributed by atoms with Crippen molar-refractivity contribution in [2.45, 2.75) is 32.2 Å². The van der Waals surface area contributed by atoms with E-state index in [1.165, 1.54) is 30.0 Å². The van der Waals surface area contributed by atoms with Crippen molar-refractivity contribution in [2.75, 3.05) is 7.05 Å². The molecule has 2 aromatic carbocycles. The average molecular weight is 391 g/mol. The first-order valence-corrected chi connectivity index (χ1v) is 9.39. The van der Waals surface area contributed by atoms with Crippen LogP contribution in [0.2, 0.25) is 0 Å². The molecule has 2 amide bonds. The molecule has 0 spiro atoms. The molecule has 2 aromatic rings. The number of carbonyl (C=O) groups is 2. The Kier molecular flexibility index (Phi) is 5.51. The lowest BCUT2D eigenvalue weighted by Gasteiger charge is -2.44. The van der Waals surface area contributed by atoms with Crippen LogP contribution in [0.15, 0.2) is 54.2 Å². The maximum Gasteiger partial charge on any atom is 0.271 e. The van der Waals surface area contributed by atoms with Crippen LogP contribution in [0.1, 0.15) is 37.0 Å². The van der Waals surface area contributed by atoms with E-state index in [1.807, 2.05) is 43.3 Å². The second-order valence-corrected chi connectivity index (χ2v) is 7.14. The van der Waals surface area contributed by atoms with E-state index < -0.39 is 17.3 Å². The number of nitriles is 1. The van der Waals surface area contributed by atoms with Gasteiger partial charge in [0.2, 0.25) is 0 Å². The summed E-state index contributed by atoms with van der Waals surface area (Å²) in [6.45, 7) is 3.40. The molecule has 3 rings (SSSR count). The highest BCUT2D eigenvalue weighted by Gasteiger charge is 2.48. The SMILES string of the molecule is CCC1(Cc2ccccc2)C(=O)NC(=C(C)c2c(F)cccc2C#N)C(=O)N1C. The Morgan fingerprint density at radius 2 is 1.86 bits per heavy atom. The molecule has 1 atom stereocenters. The van der Waals surface area contributed by atoms with Crippen molar-refractivity contribution in [3.05, 3.63) is 76.7 Å². The number of benzene rings is 2. The molecule has 0 aromatic heterocycles. The van der Waals surface area contributed by atoms with E-state index in [9.17, 15) is 19.2 Å². The standard InChI is InChI=1S/C23H22FN3O2/c1-4-23(13-16-9-6-5-7-10-16)22(29)26-20(21(28)27(23)3)15(2)19-17(14-25)11-8-12-18(19)24/h5-12H,4,13H2,1-3H3,(H,26,29). The summed E-state index contributed by atoms with van der Waals surface area (Å²) in [7, 11) is 1.59. The fraction of sp³-hybridized carbons (Fsp3) is 0.261. The van der Waals surface area contributed by atoms with Gasteiger partial charge in [0, 0.05) is 19.0 Å². The van der Waals surface area contributed by atoms with Gasteiger partial charge in [-0.05, 0) is 36.6 Å². The Bertz CT molecular complexity index is 1040. The zero-order valence-electron chi connectivity index (χ0n) is 16.6. The van der Waals surface area contributed by atoms with Gasteiger partial charge in [-0.25, -0.2) is 4.39 Å². The summed E-state index contributed by atoms with van der Waals surface area (Å²) in [5, 5.41) is 12.0. The summed E-state index contributed by atoms with van der Waals surface area (Å²) in [5.74, 6) is -1.35. The third-order valence-electron chi connectivity index (χ3n) is 5.63. The van der Waals surface area contributed by atoms with Crippen molar-refractivity contribution in [3.63, 3.8) is 0 Å². The van der Waals surface area contributed by atoms with Gasteiger partial charge in [-0.2, -0.15) is 5.26 Å². The van der Waals surface area contributed by atoms with Crippen molar-refractivity contribution in [2.24, 2.45) is 0 Å². The minimum Gasteiger partial charge on any atom is -0.325 e. The summed E-state index contributed by atoms with van der Waals surface area (Å²) in [6.07, 6.45) is 0.791. The Balaban J connectivity index is 2.07. The van der Waals surface area contributed by atoms with Crippen LogP contribution < -0.4 is 5.32 Å². The highest BCUT2D eigenvalue weighted by Crippen LogP contribution is 2.33. The number of hydrogen-bond acceptors (Lipinski definition) is 3. The van der Waals surface area contributed by atoms with E-state index in [4.69, 9.17) is 0 Å². The lowest BCUT2D eigenvalue weighted by atomic mass is 9.83. The number of rotatable bonds is 4. The molecule has 29 heavy (non-hydrogen) atoms. The van der Waals surface area contributed by atoms with Crippen molar-refractivity contribution in [1.29, 1.82) is 5.26 Å². The molecule has 148 valence electrons. The molecule has 0 saturated carbocycles. The van der Waals surface area contributed by atoms with Crippen molar-refractivity contribution in [1.82, 2.24) is 10.2 Å². The molecular formula is C23H22FN3O2. The minimum absolute atomic E-state index is 0.00348. The first-order valence-electron chi connectivity index (χ1n) is 9.39. The van der Waals surface area contributed by atoms with Gasteiger partial charge in [0.05, 0.1) is 11.6 Å². The highest BCUT2D eigenvalue weighted by molar-refractivity contribution is 6.10. The van der Waals surface area contributed by atoms with Gasteiger partial charge >= 0.3 is 0 Å². The summed E-state index contributed by atoms with van der Waals surface area (Å²) < 4.78 is 14.4. The Morgan fingerprint density at radius 3 is 2.48 bits per heavy atom. The number of allylic oxidation sites excluding steroid dienone is 1. The molecule has 6 heteroatoms. The molecule has 0 radical (unpaired) electrons. The number of carbonyl (C=O) groups excluding carboxylic acids is 2. The molecule has 5 nitrogen and oxygen atoms in total. The molecule has 0 aliphatic carbocycles. The van der Waals surface area contributed by atoms with E-state index >= 15 is 0 Å². The van der Waals surface area contributed by atoms with Crippen LogP contribution in [0.25, 0.3) is 5.57 Å². The molecule has 0 bridgehead atoms. The smallest absolute Gasteiger partial charge is 0.271 e. The van der Waals surface area contributed by atoms with Crippen LogP contribution in [-0.2, 0) is 16.0 Å². The lowest BCUT2D eigenvalue weighted by molar-refractivity contribution is -0.148. The number of likely N-dealkylation sites (N-methyl/N-ethyl adjacent to an activating group) is 1. The molecule has 1 N–H and O–H groups in total. The van der Waals surface area contributed by atoms with Gasteiger partial charge in [0.25, 0.3) is 11.8 Å². The normalized spacial score (nSPS) is 20.9. The quantitative estimate of drug-likeness (QED) is 0.812. The zero-order valence-corrected chi connectivity index (χ0v) is 16.6.